The zero-order chi connectivity index (χ0) is 11.4. The van der Waals surface area contributed by atoms with E-state index in [1.807, 2.05) is 30.3 Å². The van der Waals surface area contributed by atoms with Gasteiger partial charge >= 0.3 is 0 Å². The summed E-state index contributed by atoms with van der Waals surface area (Å²) >= 11 is 0. The number of benzene rings is 1. The molecule has 1 aromatic carbocycles. The Morgan fingerprint density at radius 3 is 2.50 bits per heavy atom. The van der Waals surface area contributed by atoms with E-state index in [2.05, 4.69) is 0 Å². The van der Waals surface area contributed by atoms with Gasteiger partial charge in [-0.2, -0.15) is 0 Å². The summed E-state index contributed by atoms with van der Waals surface area (Å²) in [5, 5.41) is 0.143. The van der Waals surface area contributed by atoms with Crippen LogP contribution in [0.4, 0.5) is 0 Å². The minimum atomic E-state index is -0.936. The maximum absolute atomic E-state index is 12.4. The molecule has 1 saturated carbocycles. The van der Waals surface area contributed by atoms with Crippen molar-refractivity contribution >= 4 is 10.8 Å². The third kappa shape index (κ3) is 2.71. The Labute approximate surface area is 99.7 Å². The van der Waals surface area contributed by atoms with Gasteiger partial charge in [-0.3, -0.25) is 4.21 Å². The minimum Gasteiger partial charge on any atom is -0.327 e. The van der Waals surface area contributed by atoms with E-state index in [9.17, 15) is 4.21 Å². The first-order valence-electron chi connectivity index (χ1n) is 6.00. The lowest BCUT2D eigenvalue weighted by Gasteiger charge is -2.20. The summed E-state index contributed by atoms with van der Waals surface area (Å²) in [5.41, 5.74) is 6.12. The van der Waals surface area contributed by atoms with Crippen LogP contribution in [-0.2, 0) is 10.8 Å². The second-order valence-electron chi connectivity index (χ2n) is 4.45. The van der Waals surface area contributed by atoms with Crippen molar-refractivity contribution in [1.82, 2.24) is 0 Å². The molecule has 3 unspecified atom stereocenters. The van der Waals surface area contributed by atoms with Gasteiger partial charge in [0.05, 0.1) is 16.0 Å². The van der Waals surface area contributed by atoms with Crippen LogP contribution >= 0.6 is 0 Å². The smallest absolute Gasteiger partial charge is 0.0576 e. The highest BCUT2D eigenvalue weighted by atomic mass is 32.2. The molecule has 0 radical (unpaired) electrons. The fourth-order valence-corrected chi connectivity index (χ4v) is 3.91. The molecular formula is C13H19NOS. The maximum atomic E-state index is 12.4. The molecule has 1 fully saturated rings. The fourth-order valence-electron chi connectivity index (χ4n) is 2.30. The van der Waals surface area contributed by atoms with E-state index in [1.165, 1.54) is 12.8 Å². The van der Waals surface area contributed by atoms with Crippen molar-refractivity contribution in [3.8, 4) is 0 Å². The lowest BCUT2D eigenvalue weighted by atomic mass is 10.1. The Balaban J connectivity index is 2.14. The largest absolute Gasteiger partial charge is 0.327 e. The first-order valence-corrected chi connectivity index (χ1v) is 7.21. The first kappa shape index (κ1) is 11.8. The fraction of sp³-hybridized carbons (Fsp3) is 0.538. The highest BCUT2D eigenvalue weighted by Crippen LogP contribution is 2.24. The molecule has 0 amide bonds. The second-order valence-corrected chi connectivity index (χ2v) is 6.12. The van der Waals surface area contributed by atoms with Gasteiger partial charge in [-0.05, 0) is 25.0 Å². The highest BCUT2D eigenvalue weighted by Gasteiger charge is 2.26. The predicted molar refractivity (Wildman–Crippen MR) is 67.7 cm³/mol. The Morgan fingerprint density at radius 2 is 1.75 bits per heavy atom. The van der Waals surface area contributed by atoms with Gasteiger partial charge in [-0.15, -0.1) is 0 Å². The van der Waals surface area contributed by atoms with E-state index >= 15 is 0 Å². The minimum absolute atomic E-state index is 0.100. The third-order valence-electron chi connectivity index (χ3n) is 3.25. The normalized spacial score (nSPS) is 28.3. The number of hydrogen-bond donors (Lipinski definition) is 1. The van der Waals surface area contributed by atoms with Crippen molar-refractivity contribution in [2.75, 3.05) is 0 Å². The van der Waals surface area contributed by atoms with Gasteiger partial charge in [0.15, 0.2) is 0 Å². The molecule has 3 heteroatoms. The van der Waals surface area contributed by atoms with Gasteiger partial charge in [0, 0.05) is 10.9 Å². The lowest BCUT2D eigenvalue weighted by Crippen LogP contribution is -2.36. The number of rotatable bonds is 2. The van der Waals surface area contributed by atoms with Gasteiger partial charge in [-0.1, -0.05) is 37.5 Å². The Bertz CT molecular complexity index is 352. The quantitative estimate of drug-likeness (QED) is 0.803. The monoisotopic (exact) mass is 237 g/mol. The Morgan fingerprint density at radius 1 is 1.06 bits per heavy atom. The lowest BCUT2D eigenvalue weighted by molar-refractivity contribution is 0.575. The summed E-state index contributed by atoms with van der Waals surface area (Å²) in [6.45, 7) is 0. The van der Waals surface area contributed by atoms with Crippen molar-refractivity contribution in [2.45, 2.75) is 48.3 Å². The van der Waals surface area contributed by atoms with Crippen LogP contribution < -0.4 is 5.73 Å². The van der Waals surface area contributed by atoms with Gasteiger partial charge in [0.2, 0.25) is 0 Å². The molecule has 16 heavy (non-hydrogen) atoms. The zero-order valence-electron chi connectivity index (χ0n) is 9.47. The van der Waals surface area contributed by atoms with Crippen molar-refractivity contribution in [3.63, 3.8) is 0 Å². The molecule has 2 N–H and O–H groups in total. The van der Waals surface area contributed by atoms with Gasteiger partial charge in [0.1, 0.15) is 0 Å². The first-order chi connectivity index (χ1) is 7.79. The van der Waals surface area contributed by atoms with E-state index in [0.29, 0.717) is 0 Å². The van der Waals surface area contributed by atoms with Gasteiger partial charge in [0.25, 0.3) is 0 Å². The van der Waals surface area contributed by atoms with E-state index in [4.69, 9.17) is 5.73 Å². The number of hydrogen-bond acceptors (Lipinski definition) is 2. The SMILES string of the molecule is NC1CCCCCC1S(=O)c1ccccc1. The van der Waals surface area contributed by atoms with Crippen LogP contribution in [0.1, 0.15) is 32.1 Å². The third-order valence-corrected chi connectivity index (χ3v) is 5.13. The van der Waals surface area contributed by atoms with Crippen LogP contribution in [0.3, 0.4) is 0 Å². The van der Waals surface area contributed by atoms with Crippen LogP contribution in [0.2, 0.25) is 0 Å². The molecule has 0 spiro atoms. The summed E-state index contributed by atoms with van der Waals surface area (Å²) in [4.78, 5) is 0.921. The van der Waals surface area contributed by atoms with Crippen molar-refractivity contribution in [2.24, 2.45) is 5.73 Å². The van der Waals surface area contributed by atoms with Crippen LogP contribution in [0.15, 0.2) is 35.2 Å². The summed E-state index contributed by atoms with van der Waals surface area (Å²) in [6.07, 6.45) is 5.60. The summed E-state index contributed by atoms with van der Waals surface area (Å²) in [6, 6.07) is 9.81. The summed E-state index contributed by atoms with van der Waals surface area (Å²) in [7, 11) is -0.936. The molecule has 0 aromatic heterocycles. The van der Waals surface area contributed by atoms with E-state index in [1.54, 1.807) is 0 Å². The molecule has 1 aliphatic carbocycles. The molecule has 1 aliphatic rings. The molecule has 3 atom stereocenters. The van der Waals surface area contributed by atoms with Crippen molar-refractivity contribution in [3.05, 3.63) is 30.3 Å². The zero-order valence-corrected chi connectivity index (χ0v) is 10.3. The molecule has 0 aliphatic heterocycles. The molecule has 0 heterocycles. The Hall–Kier alpha value is -0.670. The molecular weight excluding hydrogens is 218 g/mol. The van der Waals surface area contributed by atoms with Crippen LogP contribution in [0.5, 0.6) is 0 Å². The van der Waals surface area contributed by atoms with Crippen LogP contribution in [-0.4, -0.2) is 15.5 Å². The average Bonchev–Trinajstić information content (AvgIpc) is 2.54. The topological polar surface area (TPSA) is 43.1 Å². The molecule has 0 bridgehead atoms. The van der Waals surface area contributed by atoms with E-state index in [0.717, 1.165) is 24.2 Å². The number of nitrogens with two attached hydrogens (primary N) is 1. The van der Waals surface area contributed by atoms with Gasteiger partial charge in [-0.25, -0.2) is 0 Å². The predicted octanol–water partition coefficient (Wildman–Crippen LogP) is 2.45. The second kappa shape index (κ2) is 5.60. The van der Waals surface area contributed by atoms with Crippen molar-refractivity contribution < 1.29 is 4.21 Å². The molecule has 88 valence electrons. The highest BCUT2D eigenvalue weighted by molar-refractivity contribution is 7.85. The molecule has 2 nitrogen and oxygen atoms in total. The summed E-state index contributed by atoms with van der Waals surface area (Å²) in [5.74, 6) is 0. The maximum Gasteiger partial charge on any atom is 0.0576 e. The Kier molecular flexibility index (Phi) is 4.13. The van der Waals surface area contributed by atoms with E-state index in [-0.39, 0.29) is 11.3 Å². The standard InChI is InChI=1S/C13H19NOS/c14-12-9-5-2-6-10-13(12)16(15)11-7-3-1-4-8-11/h1,3-4,7-8,12-13H,2,5-6,9-10,14H2. The molecule has 0 saturated heterocycles. The molecule has 1 aromatic rings. The van der Waals surface area contributed by atoms with Crippen molar-refractivity contribution in [1.29, 1.82) is 0 Å². The van der Waals surface area contributed by atoms with Gasteiger partial charge < -0.3 is 5.73 Å². The molecule has 2 rings (SSSR count). The average molecular weight is 237 g/mol. The van der Waals surface area contributed by atoms with Crippen LogP contribution in [0, 0.1) is 0 Å². The van der Waals surface area contributed by atoms with E-state index < -0.39 is 10.8 Å². The summed E-state index contributed by atoms with van der Waals surface area (Å²) < 4.78 is 12.4. The van der Waals surface area contributed by atoms with Crippen LogP contribution in [0.25, 0.3) is 0 Å².